The van der Waals surface area contributed by atoms with E-state index in [1.165, 1.54) is 32.2 Å². The predicted octanol–water partition coefficient (Wildman–Crippen LogP) is 2.19. The van der Waals surface area contributed by atoms with E-state index in [0.29, 0.717) is 6.04 Å². The number of rotatable bonds is 5. The first-order valence-corrected chi connectivity index (χ1v) is 5.64. The van der Waals surface area contributed by atoms with Gasteiger partial charge < -0.3 is 10.1 Å². The highest BCUT2D eigenvalue weighted by Gasteiger charge is 2.13. The Bertz CT molecular complexity index is 121. The van der Waals surface area contributed by atoms with Crippen molar-refractivity contribution in [3.05, 3.63) is 0 Å². The third kappa shape index (κ3) is 4.63. The molecule has 2 nitrogen and oxygen atoms in total. The van der Waals surface area contributed by atoms with Gasteiger partial charge in [0, 0.05) is 19.3 Å². The van der Waals surface area contributed by atoms with Gasteiger partial charge in [-0.15, -0.1) is 0 Å². The second-order valence-electron chi connectivity index (χ2n) is 4.19. The Morgan fingerprint density at radius 2 is 2.08 bits per heavy atom. The lowest BCUT2D eigenvalue weighted by Crippen LogP contribution is -2.37. The first-order chi connectivity index (χ1) is 6.33. The maximum atomic E-state index is 5.31. The molecule has 1 aliphatic rings. The largest absolute Gasteiger partial charge is 0.381 e. The fourth-order valence-electron chi connectivity index (χ4n) is 1.86. The van der Waals surface area contributed by atoms with Crippen LogP contribution in [0.4, 0.5) is 0 Å². The van der Waals surface area contributed by atoms with Gasteiger partial charge in [0.15, 0.2) is 0 Å². The van der Waals surface area contributed by atoms with E-state index < -0.39 is 0 Å². The molecule has 1 rings (SSSR count). The normalized spacial score (nSPS) is 21.7. The fourth-order valence-corrected chi connectivity index (χ4v) is 1.86. The molecule has 13 heavy (non-hydrogen) atoms. The Labute approximate surface area is 82.0 Å². The van der Waals surface area contributed by atoms with Gasteiger partial charge in [-0.3, -0.25) is 0 Å². The van der Waals surface area contributed by atoms with Gasteiger partial charge in [-0.25, -0.2) is 0 Å². The van der Waals surface area contributed by atoms with Crippen LogP contribution in [0.1, 0.15) is 39.5 Å². The number of hydrogen-bond donors (Lipinski definition) is 1. The molecule has 0 aromatic rings. The molecule has 1 N–H and O–H groups in total. The molecular weight excluding hydrogens is 162 g/mol. The van der Waals surface area contributed by atoms with Gasteiger partial charge in [0.25, 0.3) is 0 Å². The Morgan fingerprint density at radius 1 is 1.38 bits per heavy atom. The van der Waals surface area contributed by atoms with E-state index in [-0.39, 0.29) is 0 Å². The number of ether oxygens (including phenoxy) is 1. The minimum absolute atomic E-state index is 0.716. The average Bonchev–Trinajstić information content (AvgIpc) is 2.17. The summed E-state index contributed by atoms with van der Waals surface area (Å²) in [5.74, 6) is 0.827. The van der Waals surface area contributed by atoms with Crippen LogP contribution in [0.2, 0.25) is 0 Å². The highest BCUT2D eigenvalue weighted by Crippen LogP contribution is 2.08. The Balaban J connectivity index is 2.03. The summed E-state index contributed by atoms with van der Waals surface area (Å²) in [5.41, 5.74) is 0. The van der Waals surface area contributed by atoms with E-state index in [1.54, 1.807) is 0 Å². The molecule has 1 heterocycles. The quantitative estimate of drug-likeness (QED) is 0.709. The molecule has 0 saturated carbocycles. The summed E-state index contributed by atoms with van der Waals surface area (Å²) in [7, 11) is 0. The van der Waals surface area contributed by atoms with Gasteiger partial charge in [-0.2, -0.15) is 0 Å². The Morgan fingerprint density at radius 3 is 2.69 bits per heavy atom. The van der Waals surface area contributed by atoms with Crippen LogP contribution in [0.15, 0.2) is 0 Å². The lowest BCUT2D eigenvalue weighted by molar-refractivity contribution is 0.0770. The van der Waals surface area contributed by atoms with Crippen molar-refractivity contribution < 1.29 is 4.74 Å². The van der Waals surface area contributed by atoms with Crippen molar-refractivity contribution in [1.29, 1.82) is 0 Å². The summed E-state index contributed by atoms with van der Waals surface area (Å²) in [5, 5.41) is 3.63. The summed E-state index contributed by atoms with van der Waals surface area (Å²) in [6, 6.07) is 0.716. The van der Waals surface area contributed by atoms with Gasteiger partial charge >= 0.3 is 0 Å². The first-order valence-electron chi connectivity index (χ1n) is 5.64. The van der Waals surface area contributed by atoms with Crippen molar-refractivity contribution >= 4 is 0 Å². The smallest absolute Gasteiger partial charge is 0.0480 e. The van der Waals surface area contributed by atoms with Crippen LogP contribution in [0.3, 0.4) is 0 Å². The SMILES string of the molecule is CCCC(C)CNC1CCOCC1. The van der Waals surface area contributed by atoms with Crippen molar-refractivity contribution in [2.45, 2.75) is 45.6 Å². The minimum atomic E-state index is 0.716. The molecule has 1 aliphatic heterocycles. The maximum Gasteiger partial charge on any atom is 0.0480 e. The monoisotopic (exact) mass is 185 g/mol. The topological polar surface area (TPSA) is 21.3 Å². The molecule has 0 radical (unpaired) electrons. The number of nitrogens with one attached hydrogen (secondary N) is 1. The molecule has 1 fully saturated rings. The summed E-state index contributed by atoms with van der Waals surface area (Å²) >= 11 is 0. The molecule has 1 unspecified atom stereocenters. The Hall–Kier alpha value is -0.0800. The van der Waals surface area contributed by atoms with Crippen LogP contribution >= 0.6 is 0 Å². The highest BCUT2D eigenvalue weighted by atomic mass is 16.5. The van der Waals surface area contributed by atoms with Crippen molar-refractivity contribution in [1.82, 2.24) is 5.32 Å². The maximum absolute atomic E-state index is 5.31. The van der Waals surface area contributed by atoms with Gasteiger partial charge in [0.05, 0.1) is 0 Å². The zero-order valence-electron chi connectivity index (χ0n) is 9.01. The van der Waals surface area contributed by atoms with Crippen molar-refractivity contribution in [3.63, 3.8) is 0 Å². The summed E-state index contributed by atoms with van der Waals surface area (Å²) in [6.07, 6.45) is 5.03. The molecule has 78 valence electrons. The standard InChI is InChI=1S/C11H23NO/c1-3-4-10(2)9-12-11-5-7-13-8-6-11/h10-12H,3-9H2,1-2H3. The number of hydrogen-bond acceptors (Lipinski definition) is 2. The lowest BCUT2D eigenvalue weighted by Gasteiger charge is -2.24. The van der Waals surface area contributed by atoms with Crippen molar-refractivity contribution in [2.75, 3.05) is 19.8 Å². The van der Waals surface area contributed by atoms with Gasteiger partial charge in [0.1, 0.15) is 0 Å². The van der Waals surface area contributed by atoms with Crippen molar-refractivity contribution in [3.8, 4) is 0 Å². The second-order valence-corrected chi connectivity index (χ2v) is 4.19. The third-order valence-electron chi connectivity index (χ3n) is 2.76. The molecule has 0 aromatic carbocycles. The molecule has 0 amide bonds. The summed E-state index contributed by atoms with van der Waals surface area (Å²) < 4.78 is 5.31. The van der Waals surface area contributed by atoms with E-state index >= 15 is 0 Å². The van der Waals surface area contributed by atoms with Crippen LogP contribution in [-0.4, -0.2) is 25.8 Å². The second kappa shape index (κ2) is 6.39. The first kappa shape index (κ1) is 11.0. The van der Waals surface area contributed by atoms with Crippen LogP contribution in [0, 0.1) is 5.92 Å². The van der Waals surface area contributed by atoms with Crippen molar-refractivity contribution in [2.24, 2.45) is 5.92 Å². The van der Waals surface area contributed by atoms with E-state index in [4.69, 9.17) is 4.74 Å². The molecular formula is C11H23NO. The van der Waals surface area contributed by atoms with E-state index in [1.807, 2.05) is 0 Å². The van der Waals surface area contributed by atoms with E-state index in [0.717, 1.165) is 19.1 Å². The molecule has 0 aromatic heterocycles. The van der Waals surface area contributed by atoms with E-state index in [9.17, 15) is 0 Å². The third-order valence-corrected chi connectivity index (χ3v) is 2.76. The zero-order chi connectivity index (χ0) is 9.52. The molecule has 0 bridgehead atoms. The van der Waals surface area contributed by atoms with Crippen LogP contribution in [0.25, 0.3) is 0 Å². The van der Waals surface area contributed by atoms with Crippen LogP contribution in [0.5, 0.6) is 0 Å². The van der Waals surface area contributed by atoms with Gasteiger partial charge in [-0.05, 0) is 31.7 Å². The molecule has 1 atom stereocenters. The summed E-state index contributed by atoms with van der Waals surface area (Å²) in [6.45, 7) is 7.65. The van der Waals surface area contributed by atoms with Crippen LogP contribution in [-0.2, 0) is 4.74 Å². The van der Waals surface area contributed by atoms with Crippen LogP contribution < -0.4 is 5.32 Å². The molecule has 2 heteroatoms. The molecule has 0 spiro atoms. The van der Waals surface area contributed by atoms with Gasteiger partial charge in [0.2, 0.25) is 0 Å². The van der Waals surface area contributed by atoms with Gasteiger partial charge in [-0.1, -0.05) is 20.3 Å². The fraction of sp³-hybridized carbons (Fsp3) is 1.00. The Kier molecular flexibility index (Phi) is 5.40. The molecule has 1 saturated heterocycles. The lowest BCUT2D eigenvalue weighted by atomic mass is 10.0. The summed E-state index contributed by atoms with van der Waals surface area (Å²) in [4.78, 5) is 0. The van der Waals surface area contributed by atoms with E-state index in [2.05, 4.69) is 19.2 Å². The molecule has 0 aliphatic carbocycles. The zero-order valence-corrected chi connectivity index (χ0v) is 9.01. The highest BCUT2D eigenvalue weighted by molar-refractivity contribution is 4.71. The average molecular weight is 185 g/mol. The predicted molar refractivity (Wildman–Crippen MR) is 55.9 cm³/mol. The minimum Gasteiger partial charge on any atom is -0.381 e.